The second kappa shape index (κ2) is 13.0. The summed E-state index contributed by atoms with van der Waals surface area (Å²) in [4.78, 5) is 23.7. The molecule has 0 heterocycles. The highest BCUT2D eigenvalue weighted by Crippen LogP contribution is 2.36. The quantitative estimate of drug-likeness (QED) is 0.362. The van der Waals surface area contributed by atoms with Crippen LogP contribution >= 0.6 is 11.8 Å². The lowest BCUT2D eigenvalue weighted by molar-refractivity contribution is -0.145. The SMILES string of the molecule is COC(=O)C(C)CCCCCC1C(=O)CCC1SCC(O)COc1ccc(F)cc1. The minimum atomic E-state index is -0.642. The third kappa shape index (κ3) is 8.26. The third-order valence-electron chi connectivity index (χ3n) is 5.55. The molecule has 1 aromatic rings. The number of carbonyl (C=O) groups excluding carboxylic acids is 2. The zero-order valence-corrected chi connectivity index (χ0v) is 18.7. The first-order valence-electron chi connectivity index (χ1n) is 10.7. The number of thioether (sulfide) groups is 1. The number of hydrogen-bond acceptors (Lipinski definition) is 6. The number of benzene rings is 1. The van der Waals surface area contributed by atoms with Gasteiger partial charge in [-0.15, -0.1) is 0 Å². The molecule has 0 saturated heterocycles. The number of rotatable bonds is 13. The Morgan fingerprint density at radius 3 is 2.70 bits per heavy atom. The minimum Gasteiger partial charge on any atom is -0.491 e. The van der Waals surface area contributed by atoms with Crippen molar-refractivity contribution in [1.29, 1.82) is 0 Å². The smallest absolute Gasteiger partial charge is 0.308 e. The number of carbonyl (C=O) groups is 2. The Hall–Kier alpha value is -1.60. The van der Waals surface area contributed by atoms with Crippen LogP contribution in [-0.2, 0) is 14.3 Å². The van der Waals surface area contributed by atoms with E-state index in [9.17, 15) is 19.1 Å². The lowest BCUT2D eigenvalue weighted by Crippen LogP contribution is -2.24. The molecule has 5 nitrogen and oxygen atoms in total. The van der Waals surface area contributed by atoms with Gasteiger partial charge in [0.2, 0.25) is 0 Å². The average Bonchev–Trinajstić information content (AvgIpc) is 3.10. The van der Waals surface area contributed by atoms with Crippen molar-refractivity contribution in [3.8, 4) is 5.75 Å². The van der Waals surface area contributed by atoms with E-state index < -0.39 is 6.10 Å². The summed E-state index contributed by atoms with van der Waals surface area (Å²) in [6, 6.07) is 5.71. The fraction of sp³-hybridized carbons (Fsp3) is 0.652. The van der Waals surface area contributed by atoms with Gasteiger partial charge in [-0.2, -0.15) is 11.8 Å². The summed E-state index contributed by atoms with van der Waals surface area (Å²) in [5, 5.41) is 10.4. The van der Waals surface area contributed by atoms with Crippen molar-refractivity contribution in [2.24, 2.45) is 11.8 Å². The fourth-order valence-corrected chi connectivity index (χ4v) is 5.11. The van der Waals surface area contributed by atoms with Crippen LogP contribution in [0.4, 0.5) is 4.39 Å². The molecule has 0 spiro atoms. The van der Waals surface area contributed by atoms with Crippen molar-refractivity contribution in [1.82, 2.24) is 0 Å². The number of ether oxygens (including phenoxy) is 2. The molecule has 0 aliphatic heterocycles. The van der Waals surface area contributed by atoms with Gasteiger partial charge >= 0.3 is 5.97 Å². The summed E-state index contributed by atoms with van der Waals surface area (Å²) in [6.45, 7) is 2.02. The summed E-state index contributed by atoms with van der Waals surface area (Å²) >= 11 is 1.65. The molecule has 2 rings (SSSR count). The van der Waals surface area contributed by atoms with Crippen LogP contribution in [0.1, 0.15) is 51.9 Å². The van der Waals surface area contributed by atoms with Gasteiger partial charge < -0.3 is 14.6 Å². The average molecular weight is 441 g/mol. The normalized spacial score (nSPS) is 20.7. The van der Waals surface area contributed by atoms with Crippen LogP contribution in [0.2, 0.25) is 0 Å². The van der Waals surface area contributed by atoms with E-state index >= 15 is 0 Å². The summed E-state index contributed by atoms with van der Waals surface area (Å²) in [7, 11) is 1.41. The van der Waals surface area contributed by atoms with Crippen molar-refractivity contribution >= 4 is 23.5 Å². The van der Waals surface area contributed by atoms with E-state index in [1.165, 1.54) is 31.4 Å². The van der Waals surface area contributed by atoms with Gasteiger partial charge in [-0.3, -0.25) is 9.59 Å². The summed E-state index contributed by atoms with van der Waals surface area (Å²) in [5.74, 6) is 0.839. The molecular formula is C23H33FO5S. The molecule has 1 aromatic carbocycles. The molecule has 7 heteroatoms. The molecule has 1 fully saturated rings. The fourth-order valence-electron chi connectivity index (χ4n) is 3.74. The number of ketones is 1. The molecule has 4 atom stereocenters. The standard InChI is InChI=1S/C23H33FO5S/c1-16(23(27)28-2)6-4-3-5-7-20-21(26)12-13-22(20)30-15-18(25)14-29-19-10-8-17(24)9-11-19/h8-11,16,18,20,22,25H,3-7,12-15H2,1-2H3. The van der Waals surface area contributed by atoms with Crippen LogP contribution in [0, 0.1) is 17.7 Å². The Morgan fingerprint density at radius 1 is 1.27 bits per heavy atom. The lowest BCUT2D eigenvalue weighted by Gasteiger charge is -2.20. The van der Waals surface area contributed by atoms with Crippen molar-refractivity contribution in [3.63, 3.8) is 0 Å². The molecule has 0 bridgehead atoms. The van der Waals surface area contributed by atoms with Gasteiger partial charge in [-0.1, -0.05) is 26.2 Å². The molecular weight excluding hydrogens is 407 g/mol. The van der Waals surface area contributed by atoms with E-state index in [4.69, 9.17) is 9.47 Å². The Labute approximate surface area is 182 Å². The van der Waals surface area contributed by atoms with Crippen molar-refractivity contribution in [3.05, 3.63) is 30.1 Å². The minimum absolute atomic E-state index is 0.0539. The Morgan fingerprint density at radius 2 is 2.00 bits per heavy atom. The highest BCUT2D eigenvalue weighted by molar-refractivity contribution is 8.00. The van der Waals surface area contributed by atoms with Crippen LogP contribution in [0.25, 0.3) is 0 Å². The topological polar surface area (TPSA) is 72.8 Å². The maximum Gasteiger partial charge on any atom is 0.308 e. The predicted octanol–water partition coefficient (Wildman–Crippen LogP) is 4.41. The van der Waals surface area contributed by atoms with E-state index in [1.54, 1.807) is 11.8 Å². The highest BCUT2D eigenvalue weighted by Gasteiger charge is 2.34. The van der Waals surface area contributed by atoms with Gasteiger partial charge in [0.15, 0.2) is 0 Å². The predicted molar refractivity (Wildman–Crippen MR) is 116 cm³/mol. The van der Waals surface area contributed by atoms with Crippen LogP contribution in [0.15, 0.2) is 24.3 Å². The van der Waals surface area contributed by atoms with Gasteiger partial charge in [-0.25, -0.2) is 4.39 Å². The van der Waals surface area contributed by atoms with Crippen molar-refractivity contribution < 1.29 is 28.6 Å². The van der Waals surface area contributed by atoms with Crippen LogP contribution in [0.3, 0.4) is 0 Å². The molecule has 1 aliphatic carbocycles. The summed E-state index contributed by atoms with van der Waals surface area (Å²) in [6.07, 6.45) is 5.43. The first-order valence-corrected chi connectivity index (χ1v) is 11.7. The number of halogens is 1. The zero-order chi connectivity index (χ0) is 21.9. The Kier molecular flexibility index (Phi) is 10.6. The van der Waals surface area contributed by atoms with E-state index in [0.29, 0.717) is 23.7 Å². The number of hydrogen-bond donors (Lipinski definition) is 1. The van der Waals surface area contributed by atoms with Gasteiger partial charge in [0.05, 0.1) is 19.1 Å². The van der Waals surface area contributed by atoms with Gasteiger partial charge in [0.25, 0.3) is 0 Å². The third-order valence-corrected chi connectivity index (χ3v) is 7.12. The maximum absolute atomic E-state index is 12.9. The molecule has 0 amide bonds. The van der Waals surface area contributed by atoms with E-state index in [1.807, 2.05) is 6.92 Å². The van der Waals surface area contributed by atoms with Crippen molar-refractivity contribution in [2.45, 2.75) is 63.2 Å². The Bertz CT molecular complexity index is 666. The first-order chi connectivity index (χ1) is 14.4. The molecule has 1 aliphatic rings. The molecule has 4 unspecified atom stereocenters. The van der Waals surface area contributed by atoms with Crippen LogP contribution < -0.4 is 4.74 Å². The van der Waals surface area contributed by atoms with Gasteiger partial charge in [-0.05, 0) is 43.5 Å². The zero-order valence-electron chi connectivity index (χ0n) is 17.8. The largest absolute Gasteiger partial charge is 0.491 e. The molecule has 0 radical (unpaired) electrons. The van der Waals surface area contributed by atoms with Crippen LogP contribution in [0.5, 0.6) is 5.75 Å². The number of aliphatic hydroxyl groups excluding tert-OH is 1. The number of Topliss-reactive ketones (excluding diaryl/α,β-unsaturated/α-hetero) is 1. The summed E-state index contributed by atoms with van der Waals surface area (Å²) in [5.41, 5.74) is 0. The molecule has 30 heavy (non-hydrogen) atoms. The number of esters is 1. The van der Waals surface area contributed by atoms with Crippen molar-refractivity contribution in [2.75, 3.05) is 19.5 Å². The Balaban J connectivity index is 1.65. The first kappa shape index (κ1) is 24.7. The molecule has 1 saturated carbocycles. The second-order valence-electron chi connectivity index (χ2n) is 7.96. The highest BCUT2D eigenvalue weighted by atomic mass is 32.2. The number of aliphatic hydroxyl groups is 1. The van der Waals surface area contributed by atoms with Gasteiger partial charge in [0.1, 0.15) is 24.0 Å². The number of methoxy groups -OCH3 is 1. The van der Waals surface area contributed by atoms with Crippen LogP contribution in [-0.4, -0.2) is 47.7 Å². The molecule has 1 N–H and O–H groups in total. The number of unbranched alkanes of at least 4 members (excludes halogenated alkanes) is 2. The van der Waals surface area contributed by atoms with E-state index in [2.05, 4.69) is 0 Å². The summed E-state index contributed by atoms with van der Waals surface area (Å²) < 4.78 is 23.1. The molecule has 0 aromatic heterocycles. The maximum atomic E-state index is 12.9. The lowest BCUT2D eigenvalue weighted by atomic mass is 9.96. The van der Waals surface area contributed by atoms with E-state index in [-0.39, 0.29) is 35.5 Å². The monoisotopic (exact) mass is 440 g/mol. The van der Waals surface area contributed by atoms with Gasteiger partial charge in [0, 0.05) is 23.3 Å². The van der Waals surface area contributed by atoms with E-state index in [0.717, 1.165) is 38.5 Å². The second-order valence-corrected chi connectivity index (χ2v) is 9.24. The molecule has 168 valence electrons.